The van der Waals surface area contributed by atoms with Gasteiger partial charge < -0.3 is 0 Å². The molecular formula is C35H34N2O4S2. The average molecular weight is 611 g/mol. The Labute approximate surface area is 253 Å². The van der Waals surface area contributed by atoms with E-state index in [0.717, 1.165) is 27.6 Å². The lowest BCUT2D eigenvalue weighted by Gasteiger charge is -2.28. The number of hydrogen-bond acceptors (Lipinski definition) is 4. The van der Waals surface area contributed by atoms with Gasteiger partial charge in [0, 0.05) is 29.5 Å². The summed E-state index contributed by atoms with van der Waals surface area (Å²) in [5, 5.41) is 0.829. The number of para-hydroxylation sites is 1. The summed E-state index contributed by atoms with van der Waals surface area (Å²) in [6, 6.07) is 31.3. The van der Waals surface area contributed by atoms with Crippen molar-refractivity contribution >= 4 is 30.9 Å². The number of fused-ring (bicyclic) bond motifs is 2. The van der Waals surface area contributed by atoms with Crippen molar-refractivity contribution in [2.75, 3.05) is 13.1 Å². The van der Waals surface area contributed by atoms with E-state index in [4.69, 9.17) is 0 Å². The summed E-state index contributed by atoms with van der Waals surface area (Å²) < 4.78 is 60.4. The molecule has 0 unspecified atom stereocenters. The van der Waals surface area contributed by atoms with Gasteiger partial charge in [-0.15, -0.1) is 0 Å². The zero-order chi connectivity index (χ0) is 30.4. The average Bonchev–Trinajstić information content (AvgIpc) is 3.34. The van der Waals surface area contributed by atoms with Gasteiger partial charge in [-0.05, 0) is 61.1 Å². The molecule has 4 aromatic carbocycles. The molecule has 0 bridgehead atoms. The Morgan fingerprint density at radius 1 is 0.674 bits per heavy atom. The Hall–Kier alpha value is -3.72. The largest absolute Gasteiger partial charge is 0.268 e. The van der Waals surface area contributed by atoms with Crippen LogP contribution in [-0.2, 0) is 25.5 Å². The molecule has 1 aromatic heterocycles. The van der Waals surface area contributed by atoms with Crippen LogP contribution in [0.2, 0.25) is 0 Å². The zero-order valence-electron chi connectivity index (χ0n) is 24.7. The summed E-state index contributed by atoms with van der Waals surface area (Å²) >= 11 is 0. The highest BCUT2D eigenvalue weighted by molar-refractivity contribution is 7.90. The second-order valence-corrected chi connectivity index (χ2v) is 16.3. The van der Waals surface area contributed by atoms with Gasteiger partial charge in [-0.1, -0.05) is 97.8 Å². The smallest absolute Gasteiger partial charge is 0.237 e. The van der Waals surface area contributed by atoms with Gasteiger partial charge in [-0.3, -0.25) is 0 Å². The normalized spacial score (nSPS) is 21.6. The zero-order valence-corrected chi connectivity index (χ0v) is 26.3. The van der Waals surface area contributed by atoms with E-state index >= 15 is 0 Å². The standard InChI is InChI=1S/C35H34N2O4S2/c1-24-14-18-27(19-15-24)42(38,39)36-22-31-34(3,4)35(31,23-36)33-32(26-10-6-5-7-11-26)29-12-8-9-13-30(29)37(33)43(40,41)28-20-16-25(2)17-21-28/h5-21,31H,22-23H2,1-4H3/t31-,35-/m0/s1. The van der Waals surface area contributed by atoms with Gasteiger partial charge in [0.2, 0.25) is 10.0 Å². The van der Waals surface area contributed by atoms with E-state index in [1.807, 2.05) is 92.7 Å². The molecule has 0 amide bonds. The fourth-order valence-corrected chi connectivity index (χ4v) is 10.5. The van der Waals surface area contributed by atoms with Crippen LogP contribution in [0.25, 0.3) is 22.0 Å². The van der Waals surface area contributed by atoms with Crippen LogP contribution in [0.1, 0.15) is 30.7 Å². The molecule has 8 heteroatoms. The molecule has 0 radical (unpaired) electrons. The van der Waals surface area contributed by atoms with Gasteiger partial charge in [-0.25, -0.2) is 20.8 Å². The van der Waals surface area contributed by atoms with Crippen LogP contribution in [-0.4, -0.2) is 38.2 Å². The lowest BCUT2D eigenvalue weighted by atomic mass is 9.87. The van der Waals surface area contributed by atoms with Crippen LogP contribution in [0.5, 0.6) is 0 Å². The number of hydrogen-bond donors (Lipinski definition) is 0. The fourth-order valence-electron chi connectivity index (χ4n) is 7.38. The maximum atomic E-state index is 14.7. The first-order valence-corrected chi connectivity index (χ1v) is 17.4. The van der Waals surface area contributed by atoms with Crippen LogP contribution in [0.15, 0.2) is 113 Å². The molecule has 6 nitrogen and oxygen atoms in total. The monoisotopic (exact) mass is 610 g/mol. The second kappa shape index (κ2) is 9.39. The molecule has 0 spiro atoms. The predicted octanol–water partition coefficient (Wildman–Crippen LogP) is 6.76. The lowest BCUT2D eigenvalue weighted by Crippen LogP contribution is -2.38. The van der Waals surface area contributed by atoms with Crippen molar-refractivity contribution in [1.82, 2.24) is 8.28 Å². The number of rotatable bonds is 6. The van der Waals surface area contributed by atoms with E-state index < -0.39 is 25.5 Å². The lowest BCUT2D eigenvalue weighted by molar-refractivity contribution is 0.343. The molecule has 2 fully saturated rings. The molecule has 2 heterocycles. The molecule has 220 valence electrons. The number of aryl methyl sites for hydroxylation is 2. The molecule has 5 aromatic rings. The van der Waals surface area contributed by atoms with Crippen LogP contribution < -0.4 is 0 Å². The number of piperidine rings is 1. The summed E-state index contributed by atoms with van der Waals surface area (Å²) in [4.78, 5) is 0.455. The maximum absolute atomic E-state index is 14.7. The van der Waals surface area contributed by atoms with Crippen LogP contribution >= 0.6 is 0 Å². The molecule has 7 rings (SSSR count). The van der Waals surface area contributed by atoms with Gasteiger partial charge in [0.05, 0.1) is 21.0 Å². The van der Waals surface area contributed by atoms with Crippen LogP contribution in [0.4, 0.5) is 0 Å². The fraction of sp³-hybridized carbons (Fsp3) is 0.257. The van der Waals surface area contributed by atoms with E-state index in [-0.39, 0.29) is 27.7 Å². The third-order valence-corrected chi connectivity index (χ3v) is 13.4. The summed E-state index contributed by atoms with van der Waals surface area (Å²) in [5.74, 6) is -0.0704. The Kier molecular flexibility index (Phi) is 6.13. The summed E-state index contributed by atoms with van der Waals surface area (Å²) in [6.07, 6.45) is 0. The SMILES string of the molecule is Cc1ccc(S(=O)(=O)N2C[C@H]3C(C)(C)[C@@]3(c3c(-c4ccccc4)c4ccccc4n3S(=O)(=O)c3ccc(C)cc3)C2)cc1. The van der Waals surface area contributed by atoms with Gasteiger partial charge in [-0.2, -0.15) is 4.31 Å². The minimum Gasteiger partial charge on any atom is -0.237 e. The summed E-state index contributed by atoms with van der Waals surface area (Å²) in [5.41, 5.74) is 3.89. The number of benzene rings is 4. The van der Waals surface area contributed by atoms with Crippen molar-refractivity contribution < 1.29 is 16.8 Å². The van der Waals surface area contributed by atoms with E-state index in [9.17, 15) is 16.8 Å². The van der Waals surface area contributed by atoms with Gasteiger partial charge in [0.25, 0.3) is 10.0 Å². The Bertz CT molecular complexity index is 2100. The van der Waals surface area contributed by atoms with Crippen LogP contribution in [0, 0.1) is 25.2 Å². The molecule has 1 saturated carbocycles. The Morgan fingerprint density at radius 3 is 1.81 bits per heavy atom. The molecule has 1 saturated heterocycles. The van der Waals surface area contributed by atoms with Crippen molar-refractivity contribution in [2.24, 2.45) is 11.3 Å². The molecule has 0 N–H and O–H groups in total. The highest BCUT2D eigenvalue weighted by Gasteiger charge is 2.78. The van der Waals surface area contributed by atoms with E-state index in [2.05, 4.69) is 13.8 Å². The van der Waals surface area contributed by atoms with E-state index in [0.29, 0.717) is 17.8 Å². The Balaban J connectivity index is 1.51. The van der Waals surface area contributed by atoms with Crippen LogP contribution in [0.3, 0.4) is 0 Å². The van der Waals surface area contributed by atoms with Gasteiger partial charge in [0.1, 0.15) is 0 Å². The van der Waals surface area contributed by atoms with Crippen molar-refractivity contribution in [2.45, 2.75) is 42.9 Å². The van der Waals surface area contributed by atoms with Gasteiger partial charge in [0.15, 0.2) is 0 Å². The summed E-state index contributed by atoms with van der Waals surface area (Å²) in [7, 11) is -7.85. The molecule has 1 aliphatic carbocycles. The van der Waals surface area contributed by atoms with Crippen molar-refractivity contribution in [3.63, 3.8) is 0 Å². The minimum atomic E-state index is -4.06. The minimum absolute atomic E-state index is 0.0704. The Morgan fingerprint density at radius 2 is 1.21 bits per heavy atom. The molecule has 43 heavy (non-hydrogen) atoms. The highest BCUT2D eigenvalue weighted by atomic mass is 32.2. The predicted molar refractivity (Wildman–Crippen MR) is 170 cm³/mol. The number of aromatic nitrogens is 1. The first kappa shape index (κ1) is 28.1. The van der Waals surface area contributed by atoms with Crippen molar-refractivity contribution in [1.29, 1.82) is 0 Å². The number of sulfonamides is 1. The first-order chi connectivity index (χ1) is 20.4. The van der Waals surface area contributed by atoms with Crippen molar-refractivity contribution in [3.05, 3.63) is 120 Å². The quantitative estimate of drug-likeness (QED) is 0.213. The second-order valence-electron chi connectivity index (χ2n) is 12.5. The summed E-state index contributed by atoms with van der Waals surface area (Å²) in [6.45, 7) is 8.66. The molecular weight excluding hydrogens is 577 g/mol. The van der Waals surface area contributed by atoms with E-state index in [1.165, 1.54) is 3.97 Å². The molecule has 2 atom stereocenters. The molecule has 1 aliphatic heterocycles. The third kappa shape index (κ3) is 3.93. The first-order valence-electron chi connectivity index (χ1n) is 14.5. The highest BCUT2D eigenvalue weighted by Crippen LogP contribution is 2.74. The third-order valence-electron chi connectivity index (χ3n) is 9.88. The topological polar surface area (TPSA) is 76.5 Å². The molecule has 2 aliphatic rings. The maximum Gasteiger partial charge on any atom is 0.268 e. The van der Waals surface area contributed by atoms with Crippen molar-refractivity contribution in [3.8, 4) is 11.1 Å². The van der Waals surface area contributed by atoms with Gasteiger partial charge >= 0.3 is 0 Å². The number of nitrogens with zero attached hydrogens (tertiary/aromatic N) is 2. The van der Waals surface area contributed by atoms with E-state index in [1.54, 1.807) is 28.6 Å².